The summed E-state index contributed by atoms with van der Waals surface area (Å²) in [6.45, 7) is 2.02. The van der Waals surface area contributed by atoms with Crippen molar-refractivity contribution in [2.24, 2.45) is 0 Å². The maximum absolute atomic E-state index is 10.3. The van der Waals surface area contributed by atoms with E-state index in [9.17, 15) is 10.2 Å². The van der Waals surface area contributed by atoms with Crippen LogP contribution in [-0.4, -0.2) is 16.4 Å². The van der Waals surface area contributed by atoms with Gasteiger partial charge < -0.3 is 10.2 Å². The molecule has 2 rings (SSSR count). The van der Waals surface area contributed by atoms with Crippen molar-refractivity contribution in [3.8, 4) is 11.5 Å². The summed E-state index contributed by atoms with van der Waals surface area (Å²) in [5.41, 5.74) is 0. The molecule has 0 saturated carbocycles. The molecule has 0 atom stereocenters. The number of phenolic OH excluding ortho intramolecular Hbond substituents is 2. The zero-order valence-electron chi connectivity index (χ0n) is 11.6. The maximum atomic E-state index is 10.3. The summed E-state index contributed by atoms with van der Waals surface area (Å²) in [7, 11) is -1.10. The zero-order valence-corrected chi connectivity index (χ0v) is 15.5. The number of aromatic hydroxyl groups is 2. The van der Waals surface area contributed by atoms with Crippen LogP contribution in [0.15, 0.2) is 24.3 Å². The fraction of sp³-hybridized carbons (Fsp3) is 0.200. The second-order valence-corrected chi connectivity index (χ2v) is 8.62. The van der Waals surface area contributed by atoms with E-state index in [1.807, 2.05) is 6.92 Å². The number of hydrogen-bond acceptors (Lipinski definition) is 2. The Kier molecular flexibility index (Phi) is 6.10. The molecule has 7 heteroatoms. The van der Waals surface area contributed by atoms with Crippen LogP contribution in [0.2, 0.25) is 20.1 Å². The van der Waals surface area contributed by atoms with Gasteiger partial charge in [-0.25, -0.2) is 0 Å². The summed E-state index contributed by atoms with van der Waals surface area (Å²) < 4.78 is 0. The summed E-state index contributed by atoms with van der Waals surface area (Å²) in [6.07, 6.45) is 1.57. The normalized spacial score (nSPS) is 11.2. The summed E-state index contributed by atoms with van der Waals surface area (Å²) in [5.74, 6) is -0.0535. The Hall–Kier alpha value is -0.370. The lowest BCUT2D eigenvalue weighted by atomic mass is 10.3. The van der Waals surface area contributed by atoms with E-state index >= 15 is 0 Å². The van der Waals surface area contributed by atoms with Crippen LogP contribution >= 0.6 is 54.3 Å². The van der Waals surface area contributed by atoms with Crippen LogP contribution in [-0.2, 0) is 0 Å². The van der Waals surface area contributed by atoms with Crippen LogP contribution in [0, 0.1) is 0 Å². The van der Waals surface area contributed by atoms with Crippen molar-refractivity contribution >= 4 is 64.9 Å². The SMILES string of the molecule is CCCP(c1cc(Cl)cc(Cl)c1O)c1cc(Cl)cc(Cl)c1O. The molecule has 118 valence electrons. The third kappa shape index (κ3) is 3.75. The summed E-state index contributed by atoms with van der Waals surface area (Å²) in [6, 6.07) is 6.29. The van der Waals surface area contributed by atoms with Gasteiger partial charge in [-0.3, -0.25) is 0 Å². The molecule has 0 aliphatic rings. The molecule has 22 heavy (non-hydrogen) atoms. The van der Waals surface area contributed by atoms with E-state index in [4.69, 9.17) is 46.4 Å². The fourth-order valence-corrected chi connectivity index (χ4v) is 5.91. The second kappa shape index (κ2) is 7.47. The quantitative estimate of drug-likeness (QED) is 0.663. The maximum Gasteiger partial charge on any atom is 0.142 e. The molecule has 0 amide bonds. The summed E-state index contributed by atoms with van der Waals surface area (Å²) in [4.78, 5) is 0. The largest absolute Gasteiger partial charge is 0.506 e. The Morgan fingerprint density at radius 2 is 1.23 bits per heavy atom. The third-order valence-corrected chi connectivity index (χ3v) is 6.80. The van der Waals surface area contributed by atoms with Gasteiger partial charge in [0.15, 0.2) is 0 Å². The van der Waals surface area contributed by atoms with Crippen LogP contribution < -0.4 is 10.6 Å². The number of phenols is 2. The first-order valence-electron chi connectivity index (χ1n) is 6.48. The van der Waals surface area contributed by atoms with E-state index < -0.39 is 7.92 Å². The van der Waals surface area contributed by atoms with Gasteiger partial charge in [-0.1, -0.05) is 59.7 Å². The number of rotatable bonds is 4. The topological polar surface area (TPSA) is 40.5 Å². The highest BCUT2D eigenvalue weighted by Gasteiger charge is 2.23. The van der Waals surface area contributed by atoms with E-state index in [1.165, 1.54) is 12.1 Å². The molecular formula is C15H13Cl4O2P. The van der Waals surface area contributed by atoms with Crippen LogP contribution in [0.1, 0.15) is 13.3 Å². The van der Waals surface area contributed by atoms with E-state index in [-0.39, 0.29) is 21.5 Å². The van der Waals surface area contributed by atoms with Gasteiger partial charge in [0.05, 0.1) is 10.0 Å². The Bertz CT molecular complexity index is 649. The van der Waals surface area contributed by atoms with Crippen molar-refractivity contribution in [3.05, 3.63) is 44.4 Å². The Morgan fingerprint density at radius 1 is 0.818 bits per heavy atom. The fourth-order valence-electron chi connectivity index (χ4n) is 2.11. The minimum Gasteiger partial charge on any atom is -0.506 e. The van der Waals surface area contributed by atoms with E-state index in [2.05, 4.69) is 0 Å². The van der Waals surface area contributed by atoms with E-state index in [0.29, 0.717) is 20.7 Å². The van der Waals surface area contributed by atoms with Gasteiger partial charge in [-0.15, -0.1) is 0 Å². The number of halogens is 4. The Balaban J connectivity index is 2.66. The van der Waals surface area contributed by atoms with Gasteiger partial charge in [0, 0.05) is 20.7 Å². The minimum absolute atomic E-state index is 0.0267. The predicted molar refractivity (Wildman–Crippen MR) is 97.6 cm³/mol. The summed E-state index contributed by atoms with van der Waals surface area (Å²) in [5, 5.41) is 23.0. The Labute approximate surface area is 150 Å². The van der Waals surface area contributed by atoms with Gasteiger partial charge in [0.1, 0.15) is 11.5 Å². The molecular weight excluding hydrogens is 385 g/mol. The second-order valence-electron chi connectivity index (χ2n) is 4.66. The van der Waals surface area contributed by atoms with Crippen LogP contribution in [0.25, 0.3) is 0 Å². The molecule has 2 nitrogen and oxygen atoms in total. The Morgan fingerprint density at radius 3 is 1.59 bits per heavy atom. The van der Waals surface area contributed by atoms with Gasteiger partial charge in [0.2, 0.25) is 0 Å². The molecule has 2 N–H and O–H groups in total. The first kappa shape index (κ1) is 18.0. The predicted octanol–water partition coefficient (Wildman–Crippen LogP) is 5.55. The van der Waals surface area contributed by atoms with Crippen molar-refractivity contribution in [3.63, 3.8) is 0 Å². The molecule has 0 aromatic heterocycles. The molecule has 0 radical (unpaired) electrons. The average Bonchev–Trinajstić information content (AvgIpc) is 2.44. The lowest BCUT2D eigenvalue weighted by molar-refractivity contribution is 0.479. The zero-order chi connectivity index (χ0) is 16.4. The van der Waals surface area contributed by atoms with Gasteiger partial charge in [-0.2, -0.15) is 0 Å². The van der Waals surface area contributed by atoms with Crippen molar-refractivity contribution in [2.45, 2.75) is 13.3 Å². The van der Waals surface area contributed by atoms with Crippen LogP contribution in [0.5, 0.6) is 11.5 Å². The smallest absolute Gasteiger partial charge is 0.142 e. The summed E-state index contributed by atoms with van der Waals surface area (Å²) >= 11 is 24.1. The highest BCUT2D eigenvalue weighted by atomic mass is 35.5. The molecule has 0 unspecified atom stereocenters. The van der Waals surface area contributed by atoms with Gasteiger partial charge in [0.25, 0.3) is 0 Å². The average molecular weight is 398 g/mol. The van der Waals surface area contributed by atoms with E-state index in [1.54, 1.807) is 12.1 Å². The molecule has 0 heterocycles. The molecule has 0 spiro atoms. The van der Waals surface area contributed by atoms with E-state index in [0.717, 1.165) is 12.6 Å². The first-order chi connectivity index (χ1) is 10.3. The molecule has 0 aliphatic heterocycles. The van der Waals surface area contributed by atoms with Crippen molar-refractivity contribution in [1.82, 2.24) is 0 Å². The standard InChI is InChI=1S/C15H13Cl4O2P/c1-2-3-22(12-6-8(16)4-10(18)14(12)20)13-7-9(17)5-11(19)15(13)21/h4-7,20-21H,2-3H2,1H3. The lowest BCUT2D eigenvalue weighted by Crippen LogP contribution is -2.16. The molecule has 0 fully saturated rings. The van der Waals surface area contributed by atoms with Crippen LogP contribution in [0.4, 0.5) is 0 Å². The number of hydrogen-bond donors (Lipinski definition) is 2. The lowest BCUT2D eigenvalue weighted by Gasteiger charge is -2.21. The van der Waals surface area contributed by atoms with Crippen LogP contribution in [0.3, 0.4) is 0 Å². The van der Waals surface area contributed by atoms with Crippen molar-refractivity contribution < 1.29 is 10.2 Å². The van der Waals surface area contributed by atoms with Crippen molar-refractivity contribution in [1.29, 1.82) is 0 Å². The highest BCUT2D eigenvalue weighted by Crippen LogP contribution is 2.45. The molecule has 2 aromatic rings. The van der Waals surface area contributed by atoms with Crippen molar-refractivity contribution in [2.75, 3.05) is 6.16 Å². The van der Waals surface area contributed by atoms with Gasteiger partial charge >= 0.3 is 0 Å². The number of benzene rings is 2. The molecule has 0 aliphatic carbocycles. The third-order valence-electron chi connectivity index (χ3n) is 3.04. The highest BCUT2D eigenvalue weighted by molar-refractivity contribution is 7.73. The molecule has 0 saturated heterocycles. The first-order valence-corrected chi connectivity index (χ1v) is 9.52. The minimum atomic E-state index is -1.10. The molecule has 0 bridgehead atoms. The molecule has 2 aromatic carbocycles. The van der Waals surface area contributed by atoms with Gasteiger partial charge in [-0.05, 0) is 38.3 Å². The monoisotopic (exact) mass is 396 g/mol.